The van der Waals surface area contributed by atoms with Gasteiger partial charge in [-0.05, 0) is 18.9 Å². The lowest BCUT2D eigenvalue weighted by atomic mass is 9.95. The number of halogens is 1. The number of hydrogen-bond acceptors (Lipinski definition) is 4. The number of rotatable bonds is 3. The molecule has 0 bridgehead atoms. The molecule has 7 heteroatoms. The Hall–Kier alpha value is -1.34. The van der Waals surface area contributed by atoms with Gasteiger partial charge in [-0.15, -0.1) is 0 Å². The van der Waals surface area contributed by atoms with E-state index < -0.39 is 15.8 Å². The molecule has 1 aromatic rings. The fourth-order valence-corrected chi connectivity index (χ4v) is 3.16. The highest BCUT2D eigenvalue weighted by molar-refractivity contribution is 7.89. The summed E-state index contributed by atoms with van der Waals surface area (Å²) in [5.74, 6) is -0.547. The van der Waals surface area contributed by atoms with E-state index in [4.69, 9.17) is 0 Å². The van der Waals surface area contributed by atoms with Gasteiger partial charge in [-0.3, -0.25) is 9.78 Å². The summed E-state index contributed by atoms with van der Waals surface area (Å²) >= 11 is 0. The van der Waals surface area contributed by atoms with Gasteiger partial charge in [-0.1, -0.05) is 0 Å². The van der Waals surface area contributed by atoms with E-state index in [1.54, 1.807) is 0 Å². The zero-order valence-corrected chi connectivity index (χ0v) is 10.4. The zero-order chi connectivity index (χ0) is 13.2. The minimum Gasteiger partial charge on any atom is -0.300 e. The number of sulfonamides is 1. The summed E-state index contributed by atoms with van der Waals surface area (Å²) in [6.45, 7) is 0. The van der Waals surface area contributed by atoms with Crippen molar-refractivity contribution in [3.05, 3.63) is 24.3 Å². The first-order valence-electron chi connectivity index (χ1n) is 5.62. The second-order valence-electron chi connectivity index (χ2n) is 4.27. The Kier molecular flexibility index (Phi) is 3.72. The molecule has 0 saturated heterocycles. The smallest absolute Gasteiger partial charge is 0.242 e. The van der Waals surface area contributed by atoms with Crippen LogP contribution in [-0.4, -0.2) is 25.2 Å². The van der Waals surface area contributed by atoms with Crippen LogP contribution in [0.4, 0.5) is 4.39 Å². The molecule has 0 atom stereocenters. The Balaban J connectivity index is 2.10. The Labute approximate surface area is 104 Å². The first kappa shape index (κ1) is 13.1. The van der Waals surface area contributed by atoms with Crippen molar-refractivity contribution in [2.75, 3.05) is 0 Å². The van der Waals surface area contributed by atoms with Crippen LogP contribution in [0.15, 0.2) is 23.4 Å². The number of pyridine rings is 1. The molecule has 1 N–H and O–H groups in total. The number of Topliss-reactive ketones (excluding diaryl/α,β-unsaturated/α-hetero) is 1. The van der Waals surface area contributed by atoms with Crippen molar-refractivity contribution in [1.82, 2.24) is 9.71 Å². The van der Waals surface area contributed by atoms with Crippen LogP contribution in [0.1, 0.15) is 25.7 Å². The molecule has 0 spiro atoms. The quantitative estimate of drug-likeness (QED) is 0.891. The topological polar surface area (TPSA) is 76.1 Å². The Morgan fingerprint density at radius 1 is 1.28 bits per heavy atom. The van der Waals surface area contributed by atoms with Crippen molar-refractivity contribution in [2.24, 2.45) is 0 Å². The molecule has 1 saturated carbocycles. The van der Waals surface area contributed by atoms with Gasteiger partial charge in [0.1, 0.15) is 16.5 Å². The molecule has 0 radical (unpaired) electrons. The highest BCUT2D eigenvalue weighted by atomic mass is 32.2. The van der Waals surface area contributed by atoms with E-state index in [1.165, 1.54) is 0 Å². The van der Waals surface area contributed by atoms with Crippen molar-refractivity contribution in [2.45, 2.75) is 36.6 Å². The van der Waals surface area contributed by atoms with Gasteiger partial charge in [0.05, 0.1) is 6.20 Å². The van der Waals surface area contributed by atoms with Gasteiger partial charge in [0.2, 0.25) is 10.0 Å². The fraction of sp³-hybridized carbons (Fsp3) is 0.455. The average Bonchev–Trinajstić information content (AvgIpc) is 2.32. The maximum Gasteiger partial charge on any atom is 0.242 e. The van der Waals surface area contributed by atoms with Crippen molar-refractivity contribution in [3.63, 3.8) is 0 Å². The van der Waals surface area contributed by atoms with Gasteiger partial charge in [0.25, 0.3) is 0 Å². The van der Waals surface area contributed by atoms with Crippen LogP contribution in [0.2, 0.25) is 0 Å². The maximum atomic E-state index is 12.9. The summed E-state index contributed by atoms with van der Waals surface area (Å²) in [4.78, 5) is 14.4. The summed E-state index contributed by atoms with van der Waals surface area (Å²) in [5.41, 5.74) is 0. The molecule has 1 aliphatic carbocycles. The van der Waals surface area contributed by atoms with Crippen LogP contribution in [-0.2, 0) is 14.8 Å². The maximum absolute atomic E-state index is 12.9. The van der Waals surface area contributed by atoms with Crippen LogP contribution < -0.4 is 4.72 Å². The Morgan fingerprint density at radius 3 is 2.56 bits per heavy atom. The second kappa shape index (κ2) is 5.11. The first-order chi connectivity index (χ1) is 8.47. The highest BCUT2D eigenvalue weighted by Gasteiger charge is 2.24. The van der Waals surface area contributed by atoms with Gasteiger partial charge in [0.15, 0.2) is 0 Å². The zero-order valence-electron chi connectivity index (χ0n) is 9.60. The third kappa shape index (κ3) is 3.11. The molecule has 0 aromatic carbocycles. The number of carbonyl (C=O) groups excluding carboxylic acids is 1. The molecule has 5 nitrogen and oxygen atoms in total. The Bertz CT molecular complexity index is 549. The number of nitrogens with zero attached hydrogens (tertiary/aromatic N) is 1. The summed E-state index contributed by atoms with van der Waals surface area (Å²) in [6, 6.07) is 0.652. The lowest BCUT2D eigenvalue weighted by molar-refractivity contribution is -0.120. The van der Waals surface area contributed by atoms with Crippen LogP contribution in [0.25, 0.3) is 0 Å². The minimum absolute atomic E-state index is 0.151. The summed E-state index contributed by atoms with van der Waals surface area (Å²) in [5, 5.41) is 0. The number of carbonyl (C=O) groups is 1. The molecular formula is C11H13FN2O3S. The van der Waals surface area contributed by atoms with Crippen LogP contribution >= 0.6 is 0 Å². The summed E-state index contributed by atoms with van der Waals surface area (Å²) in [6.07, 6.45) is 3.78. The molecule has 18 heavy (non-hydrogen) atoms. The molecule has 0 amide bonds. The summed E-state index contributed by atoms with van der Waals surface area (Å²) in [7, 11) is -3.76. The van der Waals surface area contributed by atoms with Gasteiger partial charge >= 0.3 is 0 Å². The first-order valence-corrected chi connectivity index (χ1v) is 7.10. The predicted octanol–water partition coefficient (Wildman–Crippen LogP) is 1.01. The van der Waals surface area contributed by atoms with Crippen molar-refractivity contribution >= 4 is 15.8 Å². The van der Waals surface area contributed by atoms with Crippen LogP contribution in [0.5, 0.6) is 0 Å². The van der Waals surface area contributed by atoms with E-state index >= 15 is 0 Å². The number of aromatic nitrogens is 1. The molecule has 1 aliphatic rings. The summed E-state index contributed by atoms with van der Waals surface area (Å²) < 4.78 is 39.3. The lowest BCUT2D eigenvalue weighted by Crippen LogP contribution is -2.37. The van der Waals surface area contributed by atoms with E-state index in [-0.39, 0.29) is 16.7 Å². The SMILES string of the molecule is O=C1CCC(NS(=O)(=O)c2cncc(F)c2)CC1. The molecule has 1 fully saturated rings. The third-order valence-corrected chi connectivity index (χ3v) is 4.34. The van der Waals surface area contributed by atoms with Crippen LogP contribution in [0.3, 0.4) is 0 Å². The third-order valence-electron chi connectivity index (χ3n) is 2.86. The largest absolute Gasteiger partial charge is 0.300 e. The normalized spacial score (nSPS) is 17.9. The number of nitrogens with one attached hydrogen (secondary N) is 1. The lowest BCUT2D eigenvalue weighted by Gasteiger charge is -2.21. The minimum atomic E-state index is -3.76. The van der Waals surface area contributed by atoms with Crippen LogP contribution in [0, 0.1) is 5.82 Å². The van der Waals surface area contributed by atoms with E-state index in [0.717, 1.165) is 18.5 Å². The van der Waals surface area contributed by atoms with Gasteiger partial charge in [-0.25, -0.2) is 17.5 Å². The monoisotopic (exact) mass is 272 g/mol. The van der Waals surface area contributed by atoms with Gasteiger partial charge in [-0.2, -0.15) is 0 Å². The van der Waals surface area contributed by atoms with E-state index in [1.807, 2.05) is 0 Å². The standard InChI is InChI=1S/C11H13FN2O3S/c12-8-5-11(7-13-6-8)18(16,17)14-9-1-3-10(15)4-2-9/h5-7,9,14H,1-4H2. The molecule has 0 aliphatic heterocycles. The molecular weight excluding hydrogens is 259 g/mol. The molecule has 0 unspecified atom stereocenters. The Morgan fingerprint density at radius 2 is 1.94 bits per heavy atom. The molecule has 98 valence electrons. The van der Waals surface area contributed by atoms with Crippen molar-refractivity contribution < 1.29 is 17.6 Å². The average molecular weight is 272 g/mol. The number of ketones is 1. The predicted molar refractivity (Wildman–Crippen MR) is 61.8 cm³/mol. The van der Waals surface area contributed by atoms with Crippen molar-refractivity contribution in [3.8, 4) is 0 Å². The molecule has 1 heterocycles. The number of hydrogen-bond donors (Lipinski definition) is 1. The van der Waals surface area contributed by atoms with Gasteiger partial charge < -0.3 is 0 Å². The van der Waals surface area contributed by atoms with E-state index in [9.17, 15) is 17.6 Å². The highest BCUT2D eigenvalue weighted by Crippen LogP contribution is 2.17. The molecule has 2 rings (SSSR count). The van der Waals surface area contributed by atoms with Gasteiger partial charge in [0, 0.05) is 25.1 Å². The molecule has 1 aromatic heterocycles. The van der Waals surface area contributed by atoms with E-state index in [0.29, 0.717) is 25.7 Å². The second-order valence-corrected chi connectivity index (χ2v) is 5.99. The van der Waals surface area contributed by atoms with Crippen molar-refractivity contribution in [1.29, 1.82) is 0 Å². The fourth-order valence-electron chi connectivity index (χ4n) is 1.88. The van der Waals surface area contributed by atoms with E-state index in [2.05, 4.69) is 9.71 Å².